The van der Waals surface area contributed by atoms with E-state index in [9.17, 15) is 10.1 Å². The Morgan fingerprint density at radius 2 is 2.15 bits per heavy atom. The summed E-state index contributed by atoms with van der Waals surface area (Å²) in [6.07, 6.45) is 2.65. The standard InChI is InChI=1S/C21H22N2O3/c1-4-9-25-16-8-6-5-7-13(16)18-14(12-22)20(23)26-17-11-21(2,3)10-15(24)19(17)18/h4-8,18H,1,9-11,23H2,2-3H3/t18-/m1/s1. The smallest absolute Gasteiger partial charge is 0.205 e. The molecule has 0 bridgehead atoms. The Morgan fingerprint density at radius 1 is 1.42 bits per heavy atom. The number of carbonyl (C=O) groups excluding carboxylic acids is 1. The maximum absolute atomic E-state index is 13.0. The van der Waals surface area contributed by atoms with E-state index in [1.54, 1.807) is 6.08 Å². The molecular formula is C21H22N2O3. The van der Waals surface area contributed by atoms with E-state index in [0.29, 0.717) is 36.5 Å². The van der Waals surface area contributed by atoms with Gasteiger partial charge in [-0.1, -0.05) is 44.7 Å². The van der Waals surface area contributed by atoms with Crippen molar-refractivity contribution >= 4 is 5.78 Å². The third-order valence-electron chi connectivity index (χ3n) is 4.66. The fourth-order valence-electron chi connectivity index (χ4n) is 3.59. The Balaban J connectivity index is 2.18. The fourth-order valence-corrected chi connectivity index (χ4v) is 3.59. The van der Waals surface area contributed by atoms with Crippen LogP contribution in [-0.4, -0.2) is 12.4 Å². The van der Waals surface area contributed by atoms with Crippen molar-refractivity contribution in [1.29, 1.82) is 5.26 Å². The third kappa shape index (κ3) is 3.11. The van der Waals surface area contributed by atoms with Crippen LogP contribution in [0.4, 0.5) is 0 Å². The van der Waals surface area contributed by atoms with E-state index < -0.39 is 5.92 Å². The van der Waals surface area contributed by atoms with Crippen molar-refractivity contribution in [3.63, 3.8) is 0 Å². The lowest BCUT2D eigenvalue weighted by molar-refractivity contribution is -0.119. The molecule has 1 aromatic rings. The molecule has 0 fully saturated rings. The van der Waals surface area contributed by atoms with Gasteiger partial charge in [-0.3, -0.25) is 4.79 Å². The quantitative estimate of drug-likeness (QED) is 0.837. The molecule has 2 aliphatic rings. The zero-order chi connectivity index (χ0) is 18.9. The molecule has 0 unspecified atom stereocenters. The van der Waals surface area contributed by atoms with E-state index in [1.807, 2.05) is 38.1 Å². The highest BCUT2D eigenvalue weighted by atomic mass is 16.5. The molecule has 0 spiro atoms. The van der Waals surface area contributed by atoms with Gasteiger partial charge in [0.25, 0.3) is 0 Å². The van der Waals surface area contributed by atoms with Gasteiger partial charge in [0, 0.05) is 24.0 Å². The zero-order valence-electron chi connectivity index (χ0n) is 15.0. The van der Waals surface area contributed by atoms with Crippen LogP contribution in [0.1, 0.15) is 38.2 Å². The summed E-state index contributed by atoms with van der Waals surface area (Å²) in [7, 11) is 0. The topological polar surface area (TPSA) is 85.3 Å². The molecule has 1 aliphatic heterocycles. The summed E-state index contributed by atoms with van der Waals surface area (Å²) in [6, 6.07) is 9.51. The summed E-state index contributed by atoms with van der Waals surface area (Å²) >= 11 is 0. The minimum atomic E-state index is -0.576. The number of rotatable bonds is 4. The van der Waals surface area contributed by atoms with Crippen LogP contribution in [0.3, 0.4) is 0 Å². The van der Waals surface area contributed by atoms with Gasteiger partial charge in [-0.25, -0.2) is 0 Å². The zero-order valence-corrected chi connectivity index (χ0v) is 15.0. The highest BCUT2D eigenvalue weighted by Crippen LogP contribution is 2.49. The van der Waals surface area contributed by atoms with Gasteiger partial charge in [-0.15, -0.1) is 0 Å². The second-order valence-electron chi connectivity index (χ2n) is 7.34. The lowest BCUT2D eigenvalue weighted by Crippen LogP contribution is -2.33. The number of nitrogens with two attached hydrogens (primary N) is 1. The number of hydrogen-bond acceptors (Lipinski definition) is 5. The molecule has 0 amide bonds. The molecule has 1 aliphatic carbocycles. The number of Topliss-reactive ketones (excluding diaryl/α,β-unsaturated/α-hetero) is 1. The molecule has 26 heavy (non-hydrogen) atoms. The Labute approximate surface area is 153 Å². The second kappa shape index (κ2) is 6.72. The Hall–Kier alpha value is -3.00. The van der Waals surface area contributed by atoms with Crippen molar-refractivity contribution < 1.29 is 14.3 Å². The molecule has 2 N–H and O–H groups in total. The highest BCUT2D eigenvalue weighted by molar-refractivity contribution is 6.00. The molecule has 5 nitrogen and oxygen atoms in total. The van der Waals surface area contributed by atoms with Crippen LogP contribution >= 0.6 is 0 Å². The summed E-state index contributed by atoms with van der Waals surface area (Å²) in [5.74, 6) is 0.629. The molecule has 5 heteroatoms. The van der Waals surface area contributed by atoms with Gasteiger partial charge in [-0.2, -0.15) is 5.26 Å². The van der Waals surface area contributed by atoms with Gasteiger partial charge in [0.05, 0.1) is 5.92 Å². The van der Waals surface area contributed by atoms with Gasteiger partial charge in [0.1, 0.15) is 29.8 Å². The highest BCUT2D eigenvalue weighted by Gasteiger charge is 2.43. The van der Waals surface area contributed by atoms with Gasteiger partial charge in [-0.05, 0) is 11.5 Å². The number of carbonyl (C=O) groups is 1. The number of nitrogens with zero attached hydrogens (tertiary/aromatic N) is 1. The molecule has 1 atom stereocenters. The number of para-hydroxylation sites is 1. The molecule has 0 radical (unpaired) electrons. The van der Waals surface area contributed by atoms with Gasteiger partial charge < -0.3 is 15.2 Å². The number of ether oxygens (including phenoxy) is 2. The van der Waals surface area contributed by atoms with E-state index in [-0.39, 0.29) is 22.7 Å². The minimum Gasteiger partial charge on any atom is -0.489 e. The summed E-state index contributed by atoms with van der Waals surface area (Å²) in [6.45, 7) is 8.04. The van der Waals surface area contributed by atoms with Crippen LogP contribution in [0.5, 0.6) is 5.75 Å². The first-order chi connectivity index (χ1) is 12.4. The molecule has 0 saturated heterocycles. The number of nitriles is 1. The van der Waals surface area contributed by atoms with E-state index in [1.165, 1.54) is 0 Å². The molecular weight excluding hydrogens is 328 g/mol. The third-order valence-corrected chi connectivity index (χ3v) is 4.66. The van der Waals surface area contributed by atoms with Crippen molar-refractivity contribution in [2.45, 2.75) is 32.6 Å². The first-order valence-electron chi connectivity index (χ1n) is 8.54. The van der Waals surface area contributed by atoms with Crippen molar-refractivity contribution in [1.82, 2.24) is 0 Å². The van der Waals surface area contributed by atoms with Gasteiger partial charge in [0.2, 0.25) is 5.88 Å². The Morgan fingerprint density at radius 3 is 2.85 bits per heavy atom. The predicted octanol–water partition coefficient (Wildman–Crippen LogP) is 3.70. The summed E-state index contributed by atoms with van der Waals surface area (Å²) in [4.78, 5) is 13.0. The first-order valence-corrected chi connectivity index (χ1v) is 8.54. The molecule has 1 heterocycles. The van der Waals surface area contributed by atoms with Crippen LogP contribution < -0.4 is 10.5 Å². The van der Waals surface area contributed by atoms with Crippen molar-refractivity contribution in [2.24, 2.45) is 11.1 Å². The lowest BCUT2D eigenvalue weighted by atomic mass is 9.70. The monoisotopic (exact) mass is 350 g/mol. The van der Waals surface area contributed by atoms with Crippen LogP contribution in [0.2, 0.25) is 0 Å². The predicted molar refractivity (Wildman–Crippen MR) is 97.8 cm³/mol. The van der Waals surface area contributed by atoms with E-state index >= 15 is 0 Å². The maximum atomic E-state index is 13.0. The Kier molecular flexibility index (Phi) is 4.60. The minimum absolute atomic E-state index is 0.0139. The molecule has 0 aromatic heterocycles. The normalized spacial score (nSPS) is 21.6. The summed E-state index contributed by atoms with van der Waals surface area (Å²) in [5, 5.41) is 9.68. The summed E-state index contributed by atoms with van der Waals surface area (Å²) in [5.41, 5.74) is 7.33. The number of allylic oxidation sites excluding steroid dienone is 3. The van der Waals surface area contributed by atoms with E-state index in [2.05, 4.69) is 12.6 Å². The van der Waals surface area contributed by atoms with Crippen molar-refractivity contribution in [2.75, 3.05) is 6.61 Å². The molecule has 134 valence electrons. The molecule has 3 rings (SSSR count). The summed E-state index contributed by atoms with van der Waals surface area (Å²) < 4.78 is 11.5. The fraction of sp³-hybridized carbons (Fsp3) is 0.333. The van der Waals surface area contributed by atoms with E-state index in [4.69, 9.17) is 15.2 Å². The second-order valence-corrected chi connectivity index (χ2v) is 7.34. The Bertz CT molecular complexity index is 871. The van der Waals surface area contributed by atoms with Gasteiger partial charge >= 0.3 is 0 Å². The lowest BCUT2D eigenvalue weighted by Gasteiger charge is -2.37. The average Bonchev–Trinajstić information content (AvgIpc) is 2.58. The first kappa shape index (κ1) is 17.8. The van der Waals surface area contributed by atoms with Crippen LogP contribution in [-0.2, 0) is 9.53 Å². The van der Waals surface area contributed by atoms with E-state index in [0.717, 1.165) is 5.56 Å². The maximum Gasteiger partial charge on any atom is 0.205 e. The van der Waals surface area contributed by atoms with Crippen LogP contribution in [0.25, 0.3) is 0 Å². The number of ketones is 1. The molecule has 0 saturated carbocycles. The average molecular weight is 350 g/mol. The van der Waals surface area contributed by atoms with Crippen LogP contribution in [0.15, 0.2) is 59.7 Å². The van der Waals surface area contributed by atoms with Gasteiger partial charge in [0.15, 0.2) is 5.78 Å². The SMILES string of the molecule is C=CCOc1ccccc1[C@@H]1C(C#N)=C(N)OC2=C1C(=O)CC(C)(C)C2. The van der Waals surface area contributed by atoms with Crippen molar-refractivity contribution in [3.05, 3.63) is 65.3 Å². The number of benzene rings is 1. The van der Waals surface area contributed by atoms with Crippen molar-refractivity contribution in [3.8, 4) is 11.8 Å². The van der Waals surface area contributed by atoms with Crippen LogP contribution in [0, 0.1) is 16.7 Å². The molecule has 1 aromatic carbocycles. The largest absolute Gasteiger partial charge is 0.489 e. The number of hydrogen-bond donors (Lipinski definition) is 1.